The van der Waals surface area contributed by atoms with Crippen LogP contribution in [-0.4, -0.2) is 51.0 Å². The lowest BCUT2D eigenvalue weighted by Crippen LogP contribution is -2.54. The monoisotopic (exact) mass is 611 g/mol. The molecule has 1 saturated heterocycles. The molecular weight excluding hydrogens is 576 g/mol. The van der Waals surface area contributed by atoms with E-state index in [1.807, 2.05) is 44.9 Å². The summed E-state index contributed by atoms with van der Waals surface area (Å²) in [5.74, 6) is -1.24. The van der Waals surface area contributed by atoms with Gasteiger partial charge in [-0.15, -0.1) is 0 Å². The number of rotatable bonds is 4. The first kappa shape index (κ1) is 29.1. The molecule has 0 saturated carbocycles. The maximum absolute atomic E-state index is 15.6. The zero-order valence-electron chi connectivity index (χ0n) is 25.9. The summed E-state index contributed by atoms with van der Waals surface area (Å²) in [7, 11) is 0. The molecule has 0 spiro atoms. The molecule has 0 bridgehead atoms. The van der Waals surface area contributed by atoms with E-state index in [1.54, 1.807) is 15.5 Å². The van der Waals surface area contributed by atoms with Crippen molar-refractivity contribution in [3.63, 3.8) is 0 Å². The smallest absolute Gasteiger partial charge is 0.354 e. The summed E-state index contributed by atoms with van der Waals surface area (Å²) in [6.45, 7) is 12.9. The molecule has 4 heterocycles. The number of aryl methyl sites for hydroxylation is 2. The van der Waals surface area contributed by atoms with Crippen molar-refractivity contribution in [2.24, 2.45) is 0 Å². The zero-order chi connectivity index (χ0) is 31.7. The highest BCUT2D eigenvalue weighted by molar-refractivity contribution is 6.02. The van der Waals surface area contributed by atoms with Crippen molar-refractivity contribution in [1.29, 1.82) is 0 Å². The van der Waals surface area contributed by atoms with Crippen molar-refractivity contribution in [3.05, 3.63) is 87.1 Å². The lowest BCUT2D eigenvalue weighted by Gasteiger charge is -2.40. The van der Waals surface area contributed by atoms with Crippen LogP contribution in [0.5, 0.6) is 5.75 Å². The Balaban J connectivity index is 1.58. The van der Waals surface area contributed by atoms with E-state index in [-0.39, 0.29) is 30.0 Å². The average molecular weight is 612 g/mol. The Hall–Kier alpha value is -4.60. The average Bonchev–Trinajstić information content (AvgIpc) is 3.51. The number of ether oxygens (including phenoxy) is 1. The lowest BCUT2D eigenvalue weighted by molar-refractivity contribution is -0.126. The van der Waals surface area contributed by atoms with E-state index in [9.17, 15) is 14.0 Å². The van der Waals surface area contributed by atoms with E-state index >= 15 is 4.39 Å². The number of pyridine rings is 1. The van der Waals surface area contributed by atoms with E-state index in [2.05, 4.69) is 6.58 Å². The van der Waals surface area contributed by atoms with Gasteiger partial charge in [0.05, 0.1) is 11.4 Å². The van der Waals surface area contributed by atoms with Crippen LogP contribution < -0.4 is 15.3 Å². The summed E-state index contributed by atoms with van der Waals surface area (Å²) in [6.07, 6.45) is 5.81. The highest BCUT2D eigenvalue weighted by Crippen LogP contribution is 2.48. The van der Waals surface area contributed by atoms with E-state index in [0.717, 1.165) is 42.1 Å². The van der Waals surface area contributed by atoms with Crippen molar-refractivity contribution in [3.8, 4) is 22.6 Å². The van der Waals surface area contributed by atoms with Crippen molar-refractivity contribution in [1.82, 2.24) is 19.4 Å². The quantitative estimate of drug-likeness (QED) is 0.273. The van der Waals surface area contributed by atoms with Gasteiger partial charge in [-0.25, -0.2) is 13.6 Å². The van der Waals surface area contributed by atoms with Crippen LogP contribution in [0, 0.1) is 18.6 Å². The molecule has 8 nitrogen and oxygen atoms in total. The van der Waals surface area contributed by atoms with Gasteiger partial charge < -0.3 is 14.5 Å². The predicted octanol–water partition coefficient (Wildman–Crippen LogP) is 5.76. The number of nitrogens with zero attached hydrogens (tertiary/aromatic N) is 5. The van der Waals surface area contributed by atoms with Gasteiger partial charge >= 0.3 is 5.69 Å². The minimum atomic E-state index is -0.943. The second-order valence-electron chi connectivity index (χ2n) is 12.6. The van der Waals surface area contributed by atoms with Crippen LogP contribution >= 0.6 is 0 Å². The summed E-state index contributed by atoms with van der Waals surface area (Å²) in [6, 6.07) is 4.40. The summed E-state index contributed by atoms with van der Waals surface area (Å²) >= 11 is 0. The Bertz CT molecular complexity index is 1990. The first-order valence-electron chi connectivity index (χ1n) is 15.5. The van der Waals surface area contributed by atoms with Crippen molar-refractivity contribution < 1.29 is 18.3 Å². The molecule has 1 amide bonds. The predicted molar refractivity (Wildman–Crippen MR) is 169 cm³/mol. The Morgan fingerprint density at radius 1 is 1.16 bits per heavy atom. The minimum absolute atomic E-state index is 0.00233. The van der Waals surface area contributed by atoms with Crippen LogP contribution in [0.3, 0.4) is 0 Å². The Labute approximate surface area is 260 Å². The van der Waals surface area contributed by atoms with Crippen LogP contribution in [0.25, 0.3) is 27.7 Å². The van der Waals surface area contributed by atoms with Crippen LogP contribution in [-0.2, 0) is 24.2 Å². The number of anilines is 1. The fourth-order valence-electron chi connectivity index (χ4n) is 7.29. The van der Waals surface area contributed by atoms with Gasteiger partial charge in [-0.3, -0.25) is 14.3 Å². The van der Waals surface area contributed by atoms with Crippen molar-refractivity contribution >= 4 is 22.6 Å². The summed E-state index contributed by atoms with van der Waals surface area (Å²) < 4.78 is 38.3. The van der Waals surface area contributed by atoms with Gasteiger partial charge in [-0.1, -0.05) is 26.5 Å². The molecule has 1 fully saturated rings. The first-order chi connectivity index (χ1) is 21.6. The molecule has 0 unspecified atom stereocenters. The Kier molecular flexibility index (Phi) is 6.98. The van der Waals surface area contributed by atoms with E-state index < -0.39 is 17.3 Å². The van der Waals surface area contributed by atoms with Gasteiger partial charge in [0.15, 0.2) is 17.4 Å². The zero-order valence-corrected chi connectivity index (χ0v) is 25.9. The number of halogens is 2. The van der Waals surface area contributed by atoms with E-state index in [1.165, 1.54) is 6.08 Å². The molecule has 7 rings (SSSR count). The lowest BCUT2D eigenvalue weighted by atomic mass is 9.90. The van der Waals surface area contributed by atoms with Gasteiger partial charge in [-0.05, 0) is 73.9 Å². The molecular formula is C35H35F2N5O3. The number of carbonyl (C=O) groups is 1. The van der Waals surface area contributed by atoms with Gasteiger partial charge in [-0.2, -0.15) is 4.98 Å². The normalized spacial score (nSPS) is 17.3. The molecule has 45 heavy (non-hydrogen) atoms. The number of benzene rings is 2. The minimum Gasteiger partial charge on any atom is -0.486 e. The standard InChI is InChI=1S/C35H35F2N5O3/c1-6-26(43)40-12-13-41(20(5)16-40)34-24-14-19(4)27-28-22(10-11-25(36)29(28)37)17-45-33(27)32(24)42(35(44)39-34)31-23-9-7-8-21(23)15-38-30(31)18(2)3/h6,10-11,14-15,18,20H,1,7-9,12-13,16-17H2,2-5H3/t20-/m0/s1. The summed E-state index contributed by atoms with van der Waals surface area (Å²) in [5, 5.41) is 0.659. The third-order valence-corrected chi connectivity index (χ3v) is 9.42. The third kappa shape index (κ3) is 4.44. The number of fused-ring (bicyclic) bond motifs is 6. The maximum Gasteiger partial charge on any atom is 0.354 e. The summed E-state index contributed by atoms with van der Waals surface area (Å²) in [5.41, 5.74) is 5.35. The largest absolute Gasteiger partial charge is 0.486 e. The molecule has 3 aliphatic rings. The third-order valence-electron chi connectivity index (χ3n) is 9.42. The highest BCUT2D eigenvalue weighted by Gasteiger charge is 2.34. The van der Waals surface area contributed by atoms with Gasteiger partial charge in [0.1, 0.15) is 17.9 Å². The Morgan fingerprint density at radius 2 is 1.96 bits per heavy atom. The van der Waals surface area contributed by atoms with Crippen LogP contribution in [0.15, 0.2) is 41.8 Å². The van der Waals surface area contributed by atoms with Gasteiger partial charge in [0, 0.05) is 53.9 Å². The maximum atomic E-state index is 15.6. The molecule has 232 valence electrons. The fourth-order valence-corrected chi connectivity index (χ4v) is 7.29. The fraction of sp³-hybridized carbons (Fsp3) is 0.371. The second-order valence-corrected chi connectivity index (χ2v) is 12.6. The molecule has 0 N–H and O–H groups in total. The van der Waals surface area contributed by atoms with Crippen LogP contribution in [0.2, 0.25) is 0 Å². The van der Waals surface area contributed by atoms with Gasteiger partial charge in [0.2, 0.25) is 5.91 Å². The molecule has 2 aliphatic heterocycles. The molecule has 4 aromatic rings. The molecule has 2 aromatic carbocycles. The van der Waals surface area contributed by atoms with Gasteiger partial charge in [0.25, 0.3) is 0 Å². The van der Waals surface area contributed by atoms with Crippen molar-refractivity contribution in [2.45, 2.75) is 65.5 Å². The summed E-state index contributed by atoms with van der Waals surface area (Å²) in [4.78, 5) is 40.2. The number of hydrogen-bond donors (Lipinski definition) is 0. The number of carbonyl (C=O) groups excluding carboxylic acids is 1. The van der Waals surface area contributed by atoms with Crippen LogP contribution in [0.4, 0.5) is 14.6 Å². The van der Waals surface area contributed by atoms with Crippen molar-refractivity contribution in [2.75, 3.05) is 24.5 Å². The number of piperazine rings is 1. The molecule has 10 heteroatoms. The highest BCUT2D eigenvalue weighted by atomic mass is 19.2. The number of hydrogen-bond acceptors (Lipinski definition) is 6. The van der Waals surface area contributed by atoms with Crippen LogP contribution in [0.1, 0.15) is 61.1 Å². The molecule has 1 aliphatic carbocycles. The number of amides is 1. The topological polar surface area (TPSA) is 80.6 Å². The number of aromatic nitrogens is 3. The first-order valence-corrected chi connectivity index (χ1v) is 15.5. The van der Waals surface area contributed by atoms with E-state index in [4.69, 9.17) is 14.7 Å². The molecule has 1 atom stereocenters. The molecule has 2 aromatic heterocycles. The Morgan fingerprint density at radius 3 is 2.69 bits per heavy atom. The second kappa shape index (κ2) is 10.8. The molecule has 0 radical (unpaired) electrons. The van der Waals surface area contributed by atoms with E-state index in [0.29, 0.717) is 64.5 Å². The SMILES string of the molecule is C=CC(=O)N1CCN(c2nc(=O)n(-c3c(C(C)C)ncc4c3CCC4)c3c4c(c(C)cc23)-c2c(ccc(F)c2F)CO4)[C@@H](C)C1.